The molecular formula is C21H22N2O6S. The van der Waals surface area contributed by atoms with Crippen molar-refractivity contribution in [3.05, 3.63) is 64.7 Å². The molecule has 9 heteroatoms. The van der Waals surface area contributed by atoms with Crippen LogP contribution in [0.4, 0.5) is 5.69 Å². The summed E-state index contributed by atoms with van der Waals surface area (Å²) in [7, 11) is 0.885. The molecule has 0 fully saturated rings. The van der Waals surface area contributed by atoms with E-state index in [0.717, 1.165) is 0 Å². The summed E-state index contributed by atoms with van der Waals surface area (Å²) in [6, 6.07) is 9.99. The van der Waals surface area contributed by atoms with Crippen molar-refractivity contribution >= 4 is 27.3 Å². The lowest BCUT2D eigenvalue weighted by Crippen LogP contribution is -2.23. The fourth-order valence-corrected chi connectivity index (χ4v) is 3.95. The first kappa shape index (κ1) is 21.5. The average Bonchev–Trinajstić information content (AvgIpc) is 2.75. The first-order valence-corrected chi connectivity index (χ1v) is 10.7. The number of fused-ring (bicyclic) bond motifs is 1. The van der Waals surface area contributed by atoms with Gasteiger partial charge in [-0.05, 0) is 43.0 Å². The predicted molar refractivity (Wildman–Crippen MR) is 113 cm³/mol. The molecule has 0 heterocycles. The van der Waals surface area contributed by atoms with Crippen molar-refractivity contribution in [2.24, 2.45) is 0 Å². The number of benzene rings is 2. The number of sulfonamides is 1. The first-order valence-electron chi connectivity index (χ1n) is 9.08. The van der Waals surface area contributed by atoms with Gasteiger partial charge in [0.1, 0.15) is 11.5 Å². The lowest BCUT2D eigenvalue weighted by atomic mass is 9.88. The summed E-state index contributed by atoms with van der Waals surface area (Å²) in [6.45, 7) is 0.124. The number of carbonyl (C=O) groups is 2. The summed E-state index contributed by atoms with van der Waals surface area (Å²) in [4.78, 5) is 25.7. The molecule has 8 nitrogen and oxygen atoms in total. The quantitative estimate of drug-likeness (QED) is 0.660. The van der Waals surface area contributed by atoms with Crippen LogP contribution >= 0.6 is 0 Å². The van der Waals surface area contributed by atoms with E-state index in [1.54, 1.807) is 36.4 Å². The maximum atomic E-state index is 13.0. The van der Waals surface area contributed by atoms with Crippen LogP contribution in [0.25, 0.3) is 0 Å². The topological polar surface area (TPSA) is 111 Å². The smallest absolute Gasteiger partial charge is 0.215 e. The van der Waals surface area contributed by atoms with E-state index in [1.165, 1.54) is 27.3 Å². The molecule has 30 heavy (non-hydrogen) atoms. The first-order chi connectivity index (χ1) is 14.3. The standard InChI is InChI=1S/C21H22N2O6S/c1-22-30(26,27)12-13-4-6-15(7-5-13)23-11-14-10-16(24)19-17(28-2)8-9-18(29-3)20(19)21(14)25/h4-10,22-23H,11-12H2,1-3H3. The molecule has 0 atom stereocenters. The molecule has 2 N–H and O–H groups in total. The normalized spacial score (nSPS) is 13.5. The van der Waals surface area contributed by atoms with Gasteiger partial charge in [0, 0.05) is 17.8 Å². The monoisotopic (exact) mass is 430 g/mol. The molecule has 0 radical (unpaired) electrons. The second kappa shape index (κ2) is 8.68. The Balaban J connectivity index is 1.78. The van der Waals surface area contributed by atoms with Gasteiger partial charge in [0.25, 0.3) is 0 Å². The molecule has 0 saturated carbocycles. The van der Waals surface area contributed by atoms with Crippen molar-refractivity contribution in [2.75, 3.05) is 33.1 Å². The number of rotatable bonds is 8. The van der Waals surface area contributed by atoms with Crippen LogP contribution in [0.5, 0.6) is 11.5 Å². The maximum Gasteiger partial charge on any atom is 0.215 e. The number of allylic oxidation sites excluding steroid dienone is 1. The third-order valence-electron chi connectivity index (χ3n) is 4.74. The highest BCUT2D eigenvalue weighted by Gasteiger charge is 2.31. The Morgan fingerprint density at radius 2 is 1.50 bits per heavy atom. The van der Waals surface area contributed by atoms with E-state index in [9.17, 15) is 18.0 Å². The van der Waals surface area contributed by atoms with Gasteiger partial charge in [0.2, 0.25) is 10.0 Å². The van der Waals surface area contributed by atoms with Gasteiger partial charge in [-0.1, -0.05) is 12.1 Å². The average molecular weight is 430 g/mol. The van der Waals surface area contributed by atoms with Gasteiger partial charge < -0.3 is 14.8 Å². The van der Waals surface area contributed by atoms with E-state index in [1.807, 2.05) is 0 Å². The SMILES string of the molecule is CNS(=O)(=O)Cc1ccc(NCC2=CC(=O)c3c(OC)ccc(OC)c3C2=O)cc1. The predicted octanol–water partition coefficient (Wildman–Crippen LogP) is 2.17. The van der Waals surface area contributed by atoms with Gasteiger partial charge in [-0.15, -0.1) is 0 Å². The maximum absolute atomic E-state index is 13.0. The zero-order chi connectivity index (χ0) is 21.9. The number of carbonyl (C=O) groups excluding carboxylic acids is 2. The van der Waals surface area contributed by atoms with Crippen LogP contribution < -0.4 is 19.5 Å². The Morgan fingerprint density at radius 1 is 0.900 bits per heavy atom. The Hall–Kier alpha value is -3.17. The van der Waals surface area contributed by atoms with Gasteiger partial charge in [0.05, 0.1) is 31.1 Å². The highest BCUT2D eigenvalue weighted by Crippen LogP contribution is 2.35. The Kier molecular flexibility index (Phi) is 6.23. The number of hydrogen-bond acceptors (Lipinski definition) is 7. The van der Waals surface area contributed by atoms with Crippen LogP contribution in [0.1, 0.15) is 26.3 Å². The van der Waals surface area contributed by atoms with Crippen molar-refractivity contribution in [1.82, 2.24) is 4.72 Å². The van der Waals surface area contributed by atoms with Crippen LogP contribution in [-0.4, -0.2) is 47.8 Å². The zero-order valence-electron chi connectivity index (χ0n) is 16.8. The molecule has 1 aliphatic rings. The van der Waals surface area contributed by atoms with Crippen molar-refractivity contribution in [1.29, 1.82) is 0 Å². The lowest BCUT2D eigenvalue weighted by Gasteiger charge is -2.20. The molecule has 0 bridgehead atoms. The molecular weight excluding hydrogens is 408 g/mol. The number of anilines is 1. The van der Waals surface area contributed by atoms with Gasteiger partial charge >= 0.3 is 0 Å². The summed E-state index contributed by atoms with van der Waals surface area (Å²) in [5.41, 5.74) is 1.99. The van der Waals surface area contributed by atoms with Crippen LogP contribution in [0.2, 0.25) is 0 Å². The zero-order valence-corrected chi connectivity index (χ0v) is 17.6. The van der Waals surface area contributed by atoms with Crippen molar-refractivity contribution in [3.63, 3.8) is 0 Å². The molecule has 0 aliphatic heterocycles. The van der Waals surface area contributed by atoms with Crippen LogP contribution in [0, 0.1) is 0 Å². The summed E-state index contributed by atoms with van der Waals surface area (Å²) >= 11 is 0. The molecule has 0 spiro atoms. The second-order valence-electron chi connectivity index (χ2n) is 6.60. The Labute approximate surface area is 174 Å². The summed E-state index contributed by atoms with van der Waals surface area (Å²) in [5, 5.41) is 3.09. The van der Waals surface area contributed by atoms with Gasteiger partial charge in [0.15, 0.2) is 11.6 Å². The van der Waals surface area contributed by atoms with E-state index < -0.39 is 10.0 Å². The fraction of sp³-hybridized carbons (Fsp3) is 0.238. The molecule has 3 rings (SSSR count). The Morgan fingerprint density at radius 3 is 2.07 bits per heavy atom. The highest BCUT2D eigenvalue weighted by molar-refractivity contribution is 7.88. The minimum Gasteiger partial charge on any atom is -0.496 e. The van der Waals surface area contributed by atoms with Crippen molar-refractivity contribution in [3.8, 4) is 11.5 Å². The second-order valence-corrected chi connectivity index (χ2v) is 8.52. The third kappa shape index (κ3) is 4.37. The molecule has 0 saturated heterocycles. The minimum atomic E-state index is -3.35. The van der Waals surface area contributed by atoms with Gasteiger partial charge in [-0.25, -0.2) is 13.1 Å². The highest BCUT2D eigenvalue weighted by atomic mass is 32.2. The third-order valence-corrected chi connectivity index (χ3v) is 6.08. The fourth-order valence-electron chi connectivity index (χ4n) is 3.17. The van der Waals surface area contributed by atoms with E-state index in [2.05, 4.69) is 10.0 Å². The van der Waals surface area contributed by atoms with Crippen LogP contribution in [0.3, 0.4) is 0 Å². The number of ether oxygens (including phenoxy) is 2. The number of hydrogen-bond donors (Lipinski definition) is 2. The van der Waals surface area contributed by atoms with E-state index in [0.29, 0.717) is 28.3 Å². The molecule has 0 amide bonds. The van der Waals surface area contributed by atoms with E-state index in [-0.39, 0.29) is 35.0 Å². The molecule has 1 aliphatic carbocycles. The van der Waals surface area contributed by atoms with Crippen LogP contribution in [0.15, 0.2) is 48.0 Å². The Bertz CT molecular complexity index is 1120. The molecule has 0 unspecified atom stereocenters. The number of ketones is 2. The van der Waals surface area contributed by atoms with E-state index in [4.69, 9.17) is 9.47 Å². The lowest BCUT2D eigenvalue weighted by molar-refractivity contribution is 0.0978. The molecule has 2 aromatic rings. The van der Waals surface area contributed by atoms with Crippen LogP contribution in [-0.2, 0) is 15.8 Å². The van der Waals surface area contributed by atoms with Crippen molar-refractivity contribution < 1.29 is 27.5 Å². The number of Topliss-reactive ketones (excluding diaryl/α,β-unsaturated/α-hetero) is 1. The molecule has 0 aromatic heterocycles. The van der Waals surface area contributed by atoms with Crippen molar-refractivity contribution in [2.45, 2.75) is 5.75 Å². The van der Waals surface area contributed by atoms with Gasteiger partial charge in [-0.2, -0.15) is 0 Å². The number of nitrogens with one attached hydrogen (secondary N) is 2. The minimum absolute atomic E-state index is 0.124. The van der Waals surface area contributed by atoms with Gasteiger partial charge in [-0.3, -0.25) is 9.59 Å². The van der Waals surface area contributed by atoms with E-state index >= 15 is 0 Å². The number of methoxy groups -OCH3 is 2. The summed E-state index contributed by atoms with van der Waals surface area (Å²) in [6.07, 6.45) is 1.30. The summed E-state index contributed by atoms with van der Waals surface area (Å²) < 4.78 is 36.0. The molecule has 2 aromatic carbocycles. The largest absolute Gasteiger partial charge is 0.496 e. The summed E-state index contributed by atoms with van der Waals surface area (Å²) in [5.74, 6) is -0.140. The molecule has 158 valence electrons.